The lowest BCUT2D eigenvalue weighted by atomic mass is 9.99. The molecular weight excluding hydrogens is 320 g/mol. The molecule has 3 nitrogen and oxygen atoms in total. The number of rotatable bonds is 6. The Morgan fingerprint density at radius 2 is 1.81 bits per heavy atom. The number of nitrogens with zero attached hydrogens (tertiary/aromatic N) is 2. The zero-order chi connectivity index (χ0) is 18.5. The molecule has 3 heteroatoms. The number of carbonyl (C=O) groups is 1. The van der Waals surface area contributed by atoms with E-state index in [0.717, 1.165) is 43.5 Å². The van der Waals surface area contributed by atoms with Gasteiger partial charge in [-0.25, -0.2) is 0 Å². The van der Waals surface area contributed by atoms with Crippen LogP contribution in [0.4, 0.5) is 0 Å². The molecule has 1 aromatic rings. The highest BCUT2D eigenvalue weighted by molar-refractivity contribution is 5.95. The molecule has 2 aliphatic rings. The van der Waals surface area contributed by atoms with Crippen molar-refractivity contribution in [3.8, 4) is 0 Å². The summed E-state index contributed by atoms with van der Waals surface area (Å²) in [6.45, 7) is 10.9. The van der Waals surface area contributed by atoms with Crippen LogP contribution < -0.4 is 0 Å². The van der Waals surface area contributed by atoms with Crippen molar-refractivity contribution in [1.29, 1.82) is 0 Å². The fraction of sp³-hybridized carbons (Fsp3) is 0.609. The van der Waals surface area contributed by atoms with Crippen molar-refractivity contribution in [1.82, 2.24) is 9.80 Å². The van der Waals surface area contributed by atoms with Crippen molar-refractivity contribution in [3.63, 3.8) is 0 Å². The largest absolute Gasteiger partial charge is 0.335 e. The first kappa shape index (κ1) is 19.2. The molecule has 26 heavy (non-hydrogen) atoms. The third-order valence-electron chi connectivity index (χ3n) is 5.72. The molecule has 0 aliphatic carbocycles. The Bertz CT molecular complexity index is 626. The van der Waals surface area contributed by atoms with Crippen molar-refractivity contribution in [2.75, 3.05) is 26.2 Å². The van der Waals surface area contributed by atoms with E-state index in [1.165, 1.54) is 31.5 Å². The molecule has 142 valence electrons. The van der Waals surface area contributed by atoms with E-state index in [9.17, 15) is 4.79 Å². The molecule has 2 heterocycles. The highest BCUT2D eigenvalue weighted by Crippen LogP contribution is 2.22. The molecule has 0 spiro atoms. The lowest BCUT2D eigenvalue weighted by Crippen LogP contribution is -2.42. The van der Waals surface area contributed by atoms with Gasteiger partial charge in [-0.1, -0.05) is 38.1 Å². The summed E-state index contributed by atoms with van der Waals surface area (Å²) in [6, 6.07) is 9.11. The Balaban J connectivity index is 1.62. The molecule has 0 N–H and O–H groups in total. The third-order valence-corrected chi connectivity index (χ3v) is 5.72. The highest BCUT2D eigenvalue weighted by atomic mass is 16.2. The number of benzene rings is 1. The maximum Gasteiger partial charge on any atom is 0.247 e. The Morgan fingerprint density at radius 3 is 2.46 bits per heavy atom. The third kappa shape index (κ3) is 4.97. The number of likely N-dealkylation sites (tertiary alicyclic amines) is 2. The number of amides is 1. The standard InChI is InChI=1S/C23H34N2O/c1-18(2)15-20-8-10-21(11-9-20)19(3)16-23(26)25-14-6-7-22(25)17-24-12-4-5-13-24/h8-11,16,18,22H,4-7,12-15,17H2,1-3H3. The molecule has 0 aromatic heterocycles. The van der Waals surface area contributed by atoms with Crippen molar-refractivity contribution < 1.29 is 4.79 Å². The van der Waals surface area contributed by atoms with Gasteiger partial charge in [-0.3, -0.25) is 4.79 Å². The van der Waals surface area contributed by atoms with Crippen molar-refractivity contribution in [2.24, 2.45) is 5.92 Å². The van der Waals surface area contributed by atoms with Gasteiger partial charge in [-0.2, -0.15) is 0 Å². The lowest BCUT2D eigenvalue weighted by molar-refractivity contribution is -0.127. The van der Waals surface area contributed by atoms with E-state index in [0.29, 0.717) is 12.0 Å². The van der Waals surface area contributed by atoms with Crippen LogP contribution in [-0.4, -0.2) is 47.9 Å². The Labute approximate surface area is 159 Å². The van der Waals surface area contributed by atoms with Crippen LogP contribution in [0.2, 0.25) is 0 Å². The molecular formula is C23H34N2O. The average Bonchev–Trinajstić information content (AvgIpc) is 3.27. The van der Waals surface area contributed by atoms with Gasteiger partial charge in [0, 0.05) is 25.2 Å². The van der Waals surface area contributed by atoms with Crippen molar-refractivity contribution in [3.05, 3.63) is 41.5 Å². The van der Waals surface area contributed by atoms with Gasteiger partial charge in [-0.05, 0) is 74.7 Å². The monoisotopic (exact) mass is 354 g/mol. The summed E-state index contributed by atoms with van der Waals surface area (Å²) in [4.78, 5) is 17.5. The first-order chi connectivity index (χ1) is 12.5. The summed E-state index contributed by atoms with van der Waals surface area (Å²) in [5.74, 6) is 0.859. The minimum atomic E-state index is 0.190. The molecule has 2 fully saturated rings. The van der Waals surface area contributed by atoms with Gasteiger partial charge in [0.05, 0.1) is 0 Å². The number of allylic oxidation sites excluding steroid dienone is 1. The second kappa shape index (κ2) is 8.85. The van der Waals surface area contributed by atoms with Crippen molar-refractivity contribution >= 4 is 11.5 Å². The predicted octanol–water partition coefficient (Wildman–Crippen LogP) is 4.38. The average molecular weight is 355 g/mol. The summed E-state index contributed by atoms with van der Waals surface area (Å²) in [7, 11) is 0. The summed E-state index contributed by atoms with van der Waals surface area (Å²) in [5.41, 5.74) is 3.59. The van der Waals surface area contributed by atoms with Gasteiger partial charge in [0.25, 0.3) is 0 Å². The van der Waals surface area contributed by atoms with E-state index in [2.05, 4.69) is 54.8 Å². The van der Waals surface area contributed by atoms with Gasteiger partial charge in [0.2, 0.25) is 5.91 Å². The van der Waals surface area contributed by atoms with Crippen LogP contribution in [0.1, 0.15) is 57.6 Å². The molecule has 2 saturated heterocycles. The summed E-state index contributed by atoms with van der Waals surface area (Å²) in [6.07, 6.45) is 7.87. The lowest BCUT2D eigenvalue weighted by Gasteiger charge is -2.28. The minimum Gasteiger partial charge on any atom is -0.335 e. The van der Waals surface area contributed by atoms with Gasteiger partial charge in [0.15, 0.2) is 0 Å². The van der Waals surface area contributed by atoms with E-state index < -0.39 is 0 Å². The van der Waals surface area contributed by atoms with E-state index in [4.69, 9.17) is 0 Å². The van der Waals surface area contributed by atoms with Crippen LogP contribution in [0.5, 0.6) is 0 Å². The molecule has 1 aromatic carbocycles. The molecule has 1 atom stereocenters. The van der Waals surface area contributed by atoms with E-state index in [-0.39, 0.29) is 5.91 Å². The van der Waals surface area contributed by atoms with Crippen LogP contribution in [0.3, 0.4) is 0 Å². The minimum absolute atomic E-state index is 0.190. The topological polar surface area (TPSA) is 23.6 Å². The van der Waals surface area contributed by atoms with Gasteiger partial charge >= 0.3 is 0 Å². The highest BCUT2D eigenvalue weighted by Gasteiger charge is 2.29. The van der Waals surface area contributed by atoms with Crippen LogP contribution in [0.25, 0.3) is 5.57 Å². The number of carbonyl (C=O) groups excluding carboxylic acids is 1. The molecule has 2 aliphatic heterocycles. The molecule has 0 radical (unpaired) electrons. The van der Waals surface area contributed by atoms with Crippen LogP contribution >= 0.6 is 0 Å². The summed E-state index contributed by atoms with van der Waals surface area (Å²) >= 11 is 0. The fourth-order valence-electron chi connectivity index (χ4n) is 4.31. The van der Waals surface area contributed by atoms with Gasteiger partial charge in [0.1, 0.15) is 0 Å². The maximum absolute atomic E-state index is 12.9. The Kier molecular flexibility index (Phi) is 6.53. The smallest absolute Gasteiger partial charge is 0.247 e. The maximum atomic E-state index is 12.9. The Morgan fingerprint density at radius 1 is 1.12 bits per heavy atom. The normalized spacial score (nSPS) is 21.8. The molecule has 0 saturated carbocycles. The number of hydrogen-bond donors (Lipinski definition) is 0. The number of hydrogen-bond acceptors (Lipinski definition) is 2. The van der Waals surface area contributed by atoms with Crippen LogP contribution in [0.15, 0.2) is 30.3 Å². The zero-order valence-corrected chi connectivity index (χ0v) is 16.7. The second-order valence-corrected chi connectivity index (χ2v) is 8.46. The molecule has 1 unspecified atom stereocenters. The van der Waals surface area contributed by atoms with E-state index in [1.807, 2.05) is 6.08 Å². The predicted molar refractivity (Wildman–Crippen MR) is 109 cm³/mol. The Hall–Kier alpha value is -1.61. The first-order valence-electron chi connectivity index (χ1n) is 10.3. The zero-order valence-electron chi connectivity index (χ0n) is 16.7. The van der Waals surface area contributed by atoms with E-state index >= 15 is 0 Å². The molecule has 3 rings (SSSR count). The van der Waals surface area contributed by atoms with E-state index in [1.54, 1.807) is 0 Å². The molecule has 1 amide bonds. The fourth-order valence-corrected chi connectivity index (χ4v) is 4.31. The first-order valence-corrected chi connectivity index (χ1v) is 10.3. The van der Waals surface area contributed by atoms with Crippen LogP contribution in [0, 0.1) is 5.92 Å². The van der Waals surface area contributed by atoms with Crippen LogP contribution in [-0.2, 0) is 11.2 Å². The summed E-state index contributed by atoms with van der Waals surface area (Å²) < 4.78 is 0. The van der Waals surface area contributed by atoms with Crippen molar-refractivity contribution in [2.45, 2.75) is 58.9 Å². The van der Waals surface area contributed by atoms with Gasteiger partial charge in [-0.15, -0.1) is 0 Å². The molecule has 0 bridgehead atoms. The summed E-state index contributed by atoms with van der Waals surface area (Å²) in [5, 5.41) is 0. The second-order valence-electron chi connectivity index (χ2n) is 8.46. The SMILES string of the molecule is CC(=CC(=O)N1CCCC1CN1CCCC1)c1ccc(CC(C)C)cc1. The quantitative estimate of drug-likeness (QED) is 0.708. The van der Waals surface area contributed by atoms with Gasteiger partial charge < -0.3 is 9.80 Å².